The number of methoxy groups -OCH3 is 1. The van der Waals surface area contributed by atoms with Crippen molar-refractivity contribution < 1.29 is 14.3 Å². The van der Waals surface area contributed by atoms with E-state index >= 15 is 0 Å². The Morgan fingerprint density at radius 2 is 1.89 bits per heavy atom. The molecule has 6 heteroatoms. The smallest absolute Gasteiger partial charge is 0.349 e. The number of para-hydroxylation sites is 1. The summed E-state index contributed by atoms with van der Waals surface area (Å²) in [5.41, 5.74) is 4.04. The summed E-state index contributed by atoms with van der Waals surface area (Å²) in [5.74, 6) is 0.713. The molecule has 0 bridgehead atoms. The lowest BCUT2D eigenvalue weighted by atomic mass is 9.95. The van der Waals surface area contributed by atoms with Crippen LogP contribution in [-0.2, 0) is 6.54 Å². The number of ether oxygens (including phenoxy) is 1. The van der Waals surface area contributed by atoms with Gasteiger partial charge in [-0.1, -0.05) is 54.1 Å². The largest absolute Gasteiger partial charge is 0.506 e. The van der Waals surface area contributed by atoms with Gasteiger partial charge in [0, 0.05) is 25.6 Å². The molecule has 0 amide bonds. The summed E-state index contributed by atoms with van der Waals surface area (Å²) in [6, 6.07) is 23.5. The third-order valence-electron chi connectivity index (χ3n) is 6.56. The van der Waals surface area contributed by atoms with Crippen LogP contribution in [-0.4, -0.2) is 35.9 Å². The summed E-state index contributed by atoms with van der Waals surface area (Å²) < 4.78 is 10.9. The molecule has 6 nitrogen and oxygen atoms in total. The minimum atomic E-state index is -0.569. The van der Waals surface area contributed by atoms with Crippen LogP contribution >= 0.6 is 0 Å². The molecule has 0 spiro atoms. The van der Waals surface area contributed by atoms with Gasteiger partial charge >= 0.3 is 5.63 Å². The number of hydrogen-bond acceptors (Lipinski definition) is 6. The summed E-state index contributed by atoms with van der Waals surface area (Å²) in [6.07, 6.45) is 0.467. The molecule has 3 aromatic carbocycles. The van der Waals surface area contributed by atoms with Crippen LogP contribution in [0.5, 0.6) is 11.5 Å². The molecular weight excluding hydrogens is 440 g/mol. The molecule has 4 aromatic rings. The molecule has 0 aliphatic carbocycles. The van der Waals surface area contributed by atoms with Crippen molar-refractivity contribution in [3.63, 3.8) is 0 Å². The van der Waals surface area contributed by atoms with E-state index in [1.165, 1.54) is 11.1 Å². The molecule has 1 aromatic heterocycles. The van der Waals surface area contributed by atoms with Crippen molar-refractivity contribution in [1.29, 1.82) is 0 Å². The predicted molar refractivity (Wildman–Crippen MR) is 137 cm³/mol. The van der Waals surface area contributed by atoms with Gasteiger partial charge < -0.3 is 14.3 Å². The standard InChI is InChI=1S/C29H28N2O4/c1-19-6-5-7-20(16-19)18-31-15-14-30-24(17-25(31)21-10-12-22(34-2)13-11-21)27-28(32)23-8-3-4-9-26(23)35-29(27)33/h3-13,16,25,32H,14-15,17-18H2,1-2H3/t25-/m0/s1. The lowest BCUT2D eigenvalue weighted by Gasteiger charge is -2.30. The van der Waals surface area contributed by atoms with E-state index in [-0.39, 0.29) is 17.4 Å². The first-order valence-corrected chi connectivity index (χ1v) is 11.8. The molecule has 2 heterocycles. The highest BCUT2D eigenvalue weighted by Gasteiger charge is 2.29. The number of aryl methyl sites for hydroxylation is 1. The second kappa shape index (κ2) is 9.76. The Hall–Kier alpha value is -3.90. The van der Waals surface area contributed by atoms with Gasteiger partial charge in [0.05, 0.1) is 24.8 Å². The number of rotatable bonds is 5. The van der Waals surface area contributed by atoms with Crippen LogP contribution in [0.1, 0.15) is 34.7 Å². The fourth-order valence-corrected chi connectivity index (χ4v) is 4.80. The molecular formula is C29H28N2O4. The molecule has 35 heavy (non-hydrogen) atoms. The van der Waals surface area contributed by atoms with E-state index in [4.69, 9.17) is 14.1 Å². The van der Waals surface area contributed by atoms with E-state index in [2.05, 4.69) is 48.2 Å². The lowest BCUT2D eigenvalue weighted by molar-refractivity contribution is 0.203. The van der Waals surface area contributed by atoms with Gasteiger partial charge in [0.15, 0.2) is 0 Å². The van der Waals surface area contributed by atoms with Gasteiger partial charge in [-0.2, -0.15) is 0 Å². The maximum Gasteiger partial charge on any atom is 0.349 e. The summed E-state index contributed by atoms with van der Waals surface area (Å²) >= 11 is 0. The Morgan fingerprint density at radius 3 is 2.66 bits per heavy atom. The summed E-state index contributed by atoms with van der Waals surface area (Å²) in [6.45, 7) is 4.07. The average Bonchev–Trinajstić information content (AvgIpc) is 3.06. The van der Waals surface area contributed by atoms with Crippen LogP contribution in [0.25, 0.3) is 11.0 Å². The number of fused-ring (bicyclic) bond motifs is 1. The van der Waals surface area contributed by atoms with Crippen molar-refractivity contribution in [2.24, 2.45) is 4.99 Å². The monoisotopic (exact) mass is 468 g/mol. The van der Waals surface area contributed by atoms with Crippen molar-refractivity contribution in [3.05, 3.63) is 105 Å². The van der Waals surface area contributed by atoms with Crippen molar-refractivity contribution >= 4 is 16.7 Å². The Bertz CT molecular complexity index is 1440. The average molecular weight is 469 g/mol. The van der Waals surface area contributed by atoms with E-state index < -0.39 is 5.63 Å². The minimum Gasteiger partial charge on any atom is -0.506 e. The van der Waals surface area contributed by atoms with E-state index in [1.54, 1.807) is 25.3 Å². The molecule has 5 rings (SSSR count). The SMILES string of the molecule is COc1ccc([C@@H]2CC(c3c(O)c4ccccc4oc3=O)=NCCN2Cc2cccc(C)c2)cc1. The highest BCUT2D eigenvalue weighted by atomic mass is 16.5. The van der Waals surface area contributed by atoms with Gasteiger partial charge in [-0.05, 0) is 42.3 Å². The highest BCUT2D eigenvalue weighted by Crippen LogP contribution is 2.34. The van der Waals surface area contributed by atoms with Crippen molar-refractivity contribution in [2.75, 3.05) is 20.2 Å². The number of aliphatic imine (C=N–C) groups is 1. The Kier molecular flexibility index (Phi) is 6.38. The molecule has 0 fully saturated rings. The van der Waals surface area contributed by atoms with Crippen molar-refractivity contribution in [3.8, 4) is 11.5 Å². The second-order valence-corrected chi connectivity index (χ2v) is 8.89. The maximum absolute atomic E-state index is 13.0. The van der Waals surface area contributed by atoms with Gasteiger partial charge in [-0.3, -0.25) is 9.89 Å². The molecule has 0 saturated heterocycles. The van der Waals surface area contributed by atoms with Crippen LogP contribution in [0.15, 0.2) is 87.0 Å². The lowest BCUT2D eigenvalue weighted by Crippen LogP contribution is -2.30. The number of nitrogens with zero attached hydrogens (tertiary/aromatic N) is 2. The van der Waals surface area contributed by atoms with E-state index in [9.17, 15) is 9.90 Å². The minimum absolute atomic E-state index is 0.0482. The summed E-state index contributed by atoms with van der Waals surface area (Å²) in [5, 5.41) is 11.6. The third kappa shape index (κ3) is 4.70. The zero-order valence-electron chi connectivity index (χ0n) is 19.9. The Balaban J connectivity index is 1.55. The number of hydrogen-bond donors (Lipinski definition) is 1. The molecule has 1 aliphatic rings. The zero-order valence-corrected chi connectivity index (χ0v) is 19.9. The molecule has 0 radical (unpaired) electrons. The van der Waals surface area contributed by atoms with E-state index in [0.29, 0.717) is 36.2 Å². The van der Waals surface area contributed by atoms with Gasteiger partial charge in [0.25, 0.3) is 0 Å². The normalized spacial score (nSPS) is 16.6. The van der Waals surface area contributed by atoms with E-state index in [1.807, 2.05) is 18.2 Å². The second-order valence-electron chi connectivity index (χ2n) is 8.89. The Morgan fingerprint density at radius 1 is 1.09 bits per heavy atom. The maximum atomic E-state index is 13.0. The fraction of sp³-hybridized carbons (Fsp3) is 0.241. The van der Waals surface area contributed by atoms with Crippen LogP contribution in [0.3, 0.4) is 0 Å². The van der Waals surface area contributed by atoms with Gasteiger partial charge in [-0.25, -0.2) is 4.79 Å². The van der Waals surface area contributed by atoms with Crippen LogP contribution in [0.4, 0.5) is 0 Å². The topological polar surface area (TPSA) is 75.3 Å². The number of aromatic hydroxyl groups is 1. The van der Waals surface area contributed by atoms with Gasteiger partial charge in [0.1, 0.15) is 22.6 Å². The molecule has 0 unspecified atom stereocenters. The molecule has 0 saturated carbocycles. The first-order valence-electron chi connectivity index (χ1n) is 11.8. The van der Waals surface area contributed by atoms with Crippen LogP contribution < -0.4 is 10.4 Å². The van der Waals surface area contributed by atoms with Crippen molar-refractivity contribution in [2.45, 2.75) is 25.9 Å². The summed E-state index contributed by atoms with van der Waals surface area (Å²) in [7, 11) is 1.65. The fourth-order valence-electron chi connectivity index (χ4n) is 4.80. The highest BCUT2D eigenvalue weighted by molar-refractivity contribution is 6.06. The zero-order chi connectivity index (χ0) is 24.4. The van der Waals surface area contributed by atoms with Crippen LogP contribution in [0, 0.1) is 6.92 Å². The number of benzene rings is 3. The first-order chi connectivity index (χ1) is 17.0. The quantitative estimate of drug-likeness (QED) is 0.405. The first kappa shape index (κ1) is 22.9. The Labute approximate surface area is 204 Å². The predicted octanol–water partition coefficient (Wildman–Crippen LogP) is 5.25. The van der Waals surface area contributed by atoms with Gasteiger partial charge in [-0.15, -0.1) is 0 Å². The molecule has 1 aliphatic heterocycles. The van der Waals surface area contributed by atoms with E-state index in [0.717, 1.165) is 17.9 Å². The van der Waals surface area contributed by atoms with Gasteiger partial charge in [0.2, 0.25) is 0 Å². The molecule has 178 valence electrons. The molecule has 1 N–H and O–H groups in total. The van der Waals surface area contributed by atoms with Crippen LogP contribution in [0.2, 0.25) is 0 Å². The van der Waals surface area contributed by atoms with Crippen molar-refractivity contribution in [1.82, 2.24) is 4.90 Å². The molecule has 1 atom stereocenters. The summed E-state index contributed by atoms with van der Waals surface area (Å²) in [4.78, 5) is 20.1. The third-order valence-corrected chi connectivity index (χ3v) is 6.56.